The smallest absolute Gasteiger partial charge is 0.224 e. The molecule has 2 heterocycles. The Labute approximate surface area is 137 Å². The molecule has 0 bridgehead atoms. The molecule has 1 aromatic carbocycles. The van der Waals surface area contributed by atoms with Crippen molar-refractivity contribution in [3.8, 4) is 11.5 Å². The molecule has 1 aromatic rings. The molecule has 2 aliphatic heterocycles. The molecule has 2 saturated heterocycles. The minimum atomic E-state index is 0.119. The molecule has 1 amide bonds. The minimum absolute atomic E-state index is 0.119. The van der Waals surface area contributed by atoms with Gasteiger partial charge in [0, 0.05) is 19.1 Å². The number of nitrogens with zero attached hydrogens (tertiary/aromatic N) is 1. The number of amides is 1. The summed E-state index contributed by atoms with van der Waals surface area (Å²) in [7, 11) is 1.67. The first-order chi connectivity index (χ1) is 11.1. The summed E-state index contributed by atoms with van der Waals surface area (Å²) < 4.78 is 11.2. The van der Waals surface area contributed by atoms with Gasteiger partial charge in [0.25, 0.3) is 0 Å². The number of carbonyl (C=O) groups excluding carboxylic acids is 1. The number of hydrogen-bond donors (Lipinski definition) is 1. The number of carbonyl (C=O) groups is 1. The maximum atomic E-state index is 11.9. The largest absolute Gasteiger partial charge is 0.493 e. The highest BCUT2D eigenvalue weighted by Crippen LogP contribution is 2.32. The number of methoxy groups -OCH3 is 1. The van der Waals surface area contributed by atoms with Gasteiger partial charge < -0.3 is 14.8 Å². The van der Waals surface area contributed by atoms with Crippen LogP contribution in [0.4, 0.5) is 0 Å². The summed E-state index contributed by atoms with van der Waals surface area (Å²) >= 11 is 0. The zero-order valence-electron chi connectivity index (χ0n) is 14.2. The summed E-state index contributed by atoms with van der Waals surface area (Å²) in [4.78, 5) is 14.3. The van der Waals surface area contributed by atoms with Crippen LogP contribution < -0.4 is 14.8 Å². The van der Waals surface area contributed by atoms with Gasteiger partial charge in [-0.1, -0.05) is 6.07 Å². The second-order valence-electron chi connectivity index (χ2n) is 6.68. The van der Waals surface area contributed by atoms with Crippen LogP contribution in [0.5, 0.6) is 11.5 Å². The van der Waals surface area contributed by atoms with Gasteiger partial charge in [-0.05, 0) is 50.9 Å². The van der Waals surface area contributed by atoms with E-state index in [9.17, 15) is 4.79 Å². The number of likely N-dealkylation sites (tertiary alicyclic amines) is 1. The van der Waals surface area contributed by atoms with Crippen LogP contribution in [-0.2, 0) is 11.3 Å². The maximum Gasteiger partial charge on any atom is 0.224 e. The average Bonchev–Trinajstić information content (AvgIpc) is 2.91. The van der Waals surface area contributed by atoms with Gasteiger partial charge in [-0.3, -0.25) is 9.69 Å². The Hall–Kier alpha value is -1.75. The average molecular weight is 318 g/mol. The van der Waals surface area contributed by atoms with Crippen LogP contribution in [0.15, 0.2) is 18.2 Å². The Morgan fingerprint density at radius 2 is 2.17 bits per heavy atom. The molecule has 0 aromatic heterocycles. The van der Waals surface area contributed by atoms with E-state index in [0.717, 1.165) is 44.0 Å². The molecule has 2 fully saturated rings. The third-order valence-corrected chi connectivity index (χ3v) is 4.69. The monoisotopic (exact) mass is 318 g/mol. The van der Waals surface area contributed by atoms with Crippen LogP contribution in [0.1, 0.15) is 32.3 Å². The fourth-order valence-corrected chi connectivity index (χ4v) is 3.63. The van der Waals surface area contributed by atoms with Crippen molar-refractivity contribution in [2.75, 3.05) is 20.2 Å². The molecule has 0 unspecified atom stereocenters. The highest BCUT2D eigenvalue weighted by Gasteiger charge is 2.40. The third-order valence-electron chi connectivity index (χ3n) is 4.69. The Morgan fingerprint density at radius 1 is 1.35 bits per heavy atom. The fraction of sp³-hybridized carbons (Fsp3) is 0.611. The van der Waals surface area contributed by atoms with Gasteiger partial charge in [0.15, 0.2) is 11.5 Å². The van der Waals surface area contributed by atoms with Crippen LogP contribution in [0.25, 0.3) is 0 Å². The predicted octanol–water partition coefficient (Wildman–Crippen LogP) is 2.19. The molecule has 2 atom stereocenters. The Balaban J connectivity index is 1.73. The first kappa shape index (κ1) is 16.1. The zero-order valence-corrected chi connectivity index (χ0v) is 14.2. The van der Waals surface area contributed by atoms with E-state index < -0.39 is 0 Å². The number of ether oxygens (including phenoxy) is 2. The molecule has 1 N–H and O–H groups in total. The maximum absolute atomic E-state index is 11.9. The lowest BCUT2D eigenvalue weighted by Crippen LogP contribution is -2.44. The molecule has 3 rings (SSSR count). The molecule has 5 heteroatoms. The first-order valence-corrected chi connectivity index (χ1v) is 8.44. The fourth-order valence-electron chi connectivity index (χ4n) is 3.63. The van der Waals surface area contributed by atoms with E-state index in [0.29, 0.717) is 6.04 Å². The van der Waals surface area contributed by atoms with E-state index in [1.54, 1.807) is 7.11 Å². The van der Waals surface area contributed by atoms with Crippen LogP contribution in [0.2, 0.25) is 0 Å². The lowest BCUT2D eigenvalue weighted by atomic mass is 9.91. The summed E-state index contributed by atoms with van der Waals surface area (Å²) in [5, 5.41) is 3.01. The van der Waals surface area contributed by atoms with Gasteiger partial charge in [0.1, 0.15) is 0 Å². The van der Waals surface area contributed by atoms with E-state index >= 15 is 0 Å². The number of nitrogens with one attached hydrogen (secondary N) is 1. The van der Waals surface area contributed by atoms with E-state index in [1.165, 1.54) is 5.56 Å². The van der Waals surface area contributed by atoms with E-state index in [-0.39, 0.29) is 17.9 Å². The summed E-state index contributed by atoms with van der Waals surface area (Å²) in [5.41, 5.74) is 1.19. The molecule has 0 spiro atoms. The number of benzene rings is 1. The zero-order chi connectivity index (χ0) is 16.4. The van der Waals surface area contributed by atoms with Gasteiger partial charge >= 0.3 is 0 Å². The van der Waals surface area contributed by atoms with Crippen molar-refractivity contribution in [2.24, 2.45) is 5.92 Å². The van der Waals surface area contributed by atoms with Gasteiger partial charge in [-0.2, -0.15) is 0 Å². The van der Waals surface area contributed by atoms with Crippen LogP contribution in [0.3, 0.4) is 0 Å². The third kappa shape index (κ3) is 3.44. The highest BCUT2D eigenvalue weighted by molar-refractivity contribution is 5.82. The normalized spacial score (nSPS) is 24.4. The Kier molecular flexibility index (Phi) is 4.76. The Bertz CT molecular complexity index is 573. The van der Waals surface area contributed by atoms with Crippen molar-refractivity contribution in [1.29, 1.82) is 0 Å². The number of fused-ring (bicyclic) bond motifs is 1. The van der Waals surface area contributed by atoms with Crippen molar-refractivity contribution in [2.45, 2.75) is 45.4 Å². The summed E-state index contributed by atoms with van der Waals surface area (Å²) in [6.07, 6.45) is 2.21. The Morgan fingerprint density at radius 3 is 2.91 bits per heavy atom. The SMILES string of the molecule is COc1cc(CN2CCC[C@H]3C(=O)NC[C@H]32)ccc1OC(C)C. The van der Waals surface area contributed by atoms with Crippen molar-refractivity contribution < 1.29 is 14.3 Å². The second-order valence-corrected chi connectivity index (χ2v) is 6.68. The van der Waals surface area contributed by atoms with Crippen LogP contribution >= 0.6 is 0 Å². The molecule has 2 aliphatic rings. The number of hydrogen-bond acceptors (Lipinski definition) is 4. The van der Waals surface area contributed by atoms with Gasteiger partial charge in [0.05, 0.1) is 19.1 Å². The molecular weight excluding hydrogens is 292 g/mol. The molecule has 126 valence electrons. The van der Waals surface area contributed by atoms with Gasteiger partial charge in [-0.25, -0.2) is 0 Å². The summed E-state index contributed by atoms with van der Waals surface area (Å²) in [6, 6.07) is 6.45. The van der Waals surface area contributed by atoms with Crippen molar-refractivity contribution in [3.05, 3.63) is 23.8 Å². The standard InChI is InChI=1S/C18H26N2O3/c1-12(2)23-16-7-6-13(9-17(16)22-3)11-20-8-4-5-14-15(20)10-19-18(14)21/h6-7,9,12,14-15H,4-5,8,10-11H2,1-3H3,(H,19,21)/t14-,15-/m1/s1. The highest BCUT2D eigenvalue weighted by atomic mass is 16.5. The minimum Gasteiger partial charge on any atom is -0.493 e. The number of rotatable bonds is 5. The van der Waals surface area contributed by atoms with Crippen LogP contribution in [-0.4, -0.2) is 43.2 Å². The predicted molar refractivity (Wildman–Crippen MR) is 88.7 cm³/mol. The molecule has 0 radical (unpaired) electrons. The number of piperidine rings is 1. The lowest BCUT2D eigenvalue weighted by molar-refractivity contribution is -0.124. The van der Waals surface area contributed by atoms with Crippen molar-refractivity contribution in [1.82, 2.24) is 10.2 Å². The topological polar surface area (TPSA) is 50.8 Å². The molecule has 5 nitrogen and oxygen atoms in total. The summed E-state index contributed by atoms with van der Waals surface area (Å²) in [6.45, 7) is 6.67. The lowest BCUT2D eigenvalue weighted by Gasteiger charge is -2.36. The molecule has 0 aliphatic carbocycles. The summed E-state index contributed by atoms with van der Waals surface area (Å²) in [5.74, 6) is 1.93. The molecule has 0 saturated carbocycles. The van der Waals surface area contributed by atoms with E-state index in [4.69, 9.17) is 9.47 Å². The van der Waals surface area contributed by atoms with Crippen molar-refractivity contribution >= 4 is 5.91 Å². The molecular formula is C18H26N2O3. The quantitative estimate of drug-likeness (QED) is 0.904. The van der Waals surface area contributed by atoms with Crippen LogP contribution in [0, 0.1) is 5.92 Å². The molecule has 23 heavy (non-hydrogen) atoms. The van der Waals surface area contributed by atoms with E-state index in [2.05, 4.69) is 16.3 Å². The van der Waals surface area contributed by atoms with E-state index in [1.807, 2.05) is 26.0 Å². The van der Waals surface area contributed by atoms with Gasteiger partial charge in [0.2, 0.25) is 5.91 Å². The van der Waals surface area contributed by atoms with Crippen molar-refractivity contribution in [3.63, 3.8) is 0 Å². The first-order valence-electron chi connectivity index (χ1n) is 8.44. The van der Waals surface area contributed by atoms with Gasteiger partial charge in [-0.15, -0.1) is 0 Å². The second kappa shape index (κ2) is 6.79.